The van der Waals surface area contributed by atoms with Crippen molar-refractivity contribution in [3.8, 4) is 0 Å². The highest BCUT2D eigenvalue weighted by Gasteiger charge is 2.41. The van der Waals surface area contributed by atoms with E-state index in [1.54, 1.807) is 20.2 Å². The molecule has 11 heteroatoms. The standard InChI is InChI=1S/C23H36ClN4O5P/c1-5-31-34(29,32-6-2)14-30-12-19-15(3)16(4)23(33-19)28-13-25-21-18(11-20(24)27-22(21)28)26-17-9-7-8-10-17/h11,13,15-17,19,23H,5-10,12,14H2,1-4H3,(H,26,27)/t15-,16+,19+,23+/m0/s1. The van der Waals surface area contributed by atoms with E-state index in [0.717, 1.165) is 24.0 Å². The van der Waals surface area contributed by atoms with Crippen molar-refractivity contribution in [2.45, 2.75) is 71.8 Å². The maximum absolute atomic E-state index is 12.7. The first kappa shape index (κ1) is 25.9. The van der Waals surface area contributed by atoms with E-state index in [9.17, 15) is 4.57 Å². The highest BCUT2D eigenvalue weighted by atomic mass is 35.5. The van der Waals surface area contributed by atoms with Gasteiger partial charge in [-0.15, -0.1) is 0 Å². The number of anilines is 1. The third kappa shape index (κ3) is 5.61. The van der Waals surface area contributed by atoms with Crippen molar-refractivity contribution < 1.29 is 23.1 Å². The summed E-state index contributed by atoms with van der Waals surface area (Å²) < 4.78 is 37.4. The molecule has 1 aliphatic carbocycles. The molecule has 1 N–H and O–H groups in total. The van der Waals surface area contributed by atoms with Gasteiger partial charge in [0.2, 0.25) is 0 Å². The lowest BCUT2D eigenvalue weighted by molar-refractivity contribution is -0.0468. The normalized spacial score (nSPS) is 26.0. The molecule has 3 heterocycles. The van der Waals surface area contributed by atoms with Gasteiger partial charge in [-0.1, -0.05) is 38.3 Å². The number of ether oxygens (including phenoxy) is 2. The van der Waals surface area contributed by atoms with Crippen LogP contribution in [0.1, 0.15) is 59.6 Å². The summed E-state index contributed by atoms with van der Waals surface area (Å²) in [7, 11) is -3.26. The van der Waals surface area contributed by atoms with E-state index in [2.05, 4.69) is 29.1 Å². The molecule has 2 aromatic rings. The largest absolute Gasteiger partial charge is 0.380 e. The Morgan fingerprint density at radius 1 is 1.21 bits per heavy atom. The summed E-state index contributed by atoms with van der Waals surface area (Å²) in [5, 5.41) is 4.04. The number of imidazole rings is 1. The number of halogens is 1. The summed E-state index contributed by atoms with van der Waals surface area (Å²) in [6.45, 7) is 8.75. The highest BCUT2D eigenvalue weighted by Crippen LogP contribution is 2.48. The second-order valence-electron chi connectivity index (χ2n) is 9.17. The molecule has 0 amide bonds. The van der Waals surface area contributed by atoms with Crippen molar-refractivity contribution in [3.63, 3.8) is 0 Å². The van der Waals surface area contributed by atoms with Gasteiger partial charge in [0.05, 0.1) is 37.9 Å². The molecule has 1 saturated carbocycles. The lowest BCUT2D eigenvalue weighted by Gasteiger charge is -2.20. The van der Waals surface area contributed by atoms with Gasteiger partial charge in [0.15, 0.2) is 5.65 Å². The van der Waals surface area contributed by atoms with E-state index in [1.807, 2.05) is 10.6 Å². The van der Waals surface area contributed by atoms with Crippen molar-refractivity contribution >= 4 is 36.0 Å². The summed E-state index contributed by atoms with van der Waals surface area (Å²) in [5.41, 5.74) is 2.42. The molecule has 0 unspecified atom stereocenters. The van der Waals surface area contributed by atoms with E-state index in [-0.39, 0.29) is 30.5 Å². The maximum Gasteiger partial charge on any atom is 0.356 e. The summed E-state index contributed by atoms with van der Waals surface area (Å²) in [6.07, 6.45) is 6.05. The van der Waals surface area contributed by atoms with Crippen LogP contribution in [0.3, 0.4) is 0 Å². The third-order valence-corrected chi connectivity index (χ3v) is 8.85. The van der Waals surface area contributed by atoms with Gasteiger partial charge in [-0.3, -0.25) is 9.13 Å². The SMILES string of the molecule is CCOP(=O)(COC[C@H]1O[C@@H](n2cnc3c(NC4CCCC4)cc(Cl)nc32)[C@H](C)[C@@H]1C)OCC. The first-order chi connectivity index (χ1) is 16.3. The van der Waals surface area contributed by atoms with E-state index in [1.165, 1.54) is 12.8 Å². The van der Waals surface area contributed by atoms with Gasteiger partial charge in [-0.2, -0.15) is 0 Å². The van der Waals surface area contributed by atoms with Crippen LogP contribution in [0.25, 0.3) is 11.2 Å². The van der Waals surface area contributed by atoms with E-state index in [4.69, 9.17) is 30.1 Å². The minimum atomic E-state index is -3.26. The van der Waals surface area contributed by atoms with Crippen molar-refractivity contribution in [2.24, 2.45) is 11.8 Å². The molecule has 0 bridgehead atoms. The minimum absolute atomic E-state index is 0.0956. The molecule has 34 heavy (non-hydrogen) atoms. The molecule has 0 aromatic carbocycles. The number of nitrogens with one attached hydrogen (secondary N) is 1. The number of pyridine rings is 1. The van der Waals surface area contributed by atoms with Crippen molar-refractivity contribution in [3.05, 3.63) is 17.5 Å². The zero-order valence-corrected chi connectivity index (χ0v) is 22.1. The average Bonchev–Trinajstić information content (AvgIpc) is 3.51. The molecule has 1 saturated heterocycles. The number of hydrogen-bond acceptors (Lipinski definition) is 8. The van der Waals surface area contributed by atoms with E-state index in [0.29, 0.717) is 36.7 Å². The Kier molecular flexibility index (Phi) is 8.54. The Morgan fingerprint density at radius 3 is 2.59 bits per heavy atom. The molecular weight excluding hydrogens is 479 g/mol. The van der Waals surface area contributed by atoms with Gasteiger partial charge in [0, 0.05) is 18.0 Å². The molecule has 1 aliphatic heterocycles. The predicted octanol–water partition coefficient (Wildman–Crippen LogP) is 5.85. The highest BCUT2D eigenvalue weighted by molar-refractivity contribution is 7.53. The quantitative estimate of drug-likeness (QED) is 0.294. The molecule has 2 aliphatic rings. The second kappa shape index (κ2) is 11.2. The Bertz CT molecular complexity index is 1000. The minimum Gasteiger partial charge on any atom is -0.380 e. The smallest absolute Gasteiger partial charge is 0.356 e. The number of aromatic nitrogens is 3. The van der Waals surface area contributed by atoms with Gasteiger partial charge in [-0.05, 0) is 32.6 Å². The fraction of sp³-hybridized carbons (Fsp3) is 0.739. The Labute approximate surface area is 206 Å². The lowest BCUT2D eigenvalue weighted by atomic mass is 9.93. The van der Waals surface area contributed by atoms with Crippen LogP contribution in [0.5, 0.6) is 0 Å². The topological polar surface area (TPSA) is 96.7 Å². The zero-order chi connectivity index (χ0) is 24.3. The van der Waals surface area contributed by atoms with Gasteiger partial charge >= 0.3 is 7.60 Å². The van der Waals surface area contributed by atoms with E-state index < -0.39 is 7.60 Å². The van der Waals surface area contributed by atoms with Crippen LogP contribution in [0, 0.1) is 11.8 Å². The monoisotopic (exact) mass is 514 g/mol. The first-order valence-electron chi connectivity index (χ1n) is 12.3. The average molecular weight is 515 g/mol. The summed E-state index contributed by atoms with van der Waals surface area (Å²) >= 11 is 6.40. The number of nitrogens with zero attached hydrogens (tertiary/aromatic N) is 3. The molecule has 2 fully saturated rings. The Balaban J connectivity index is 1.47. The van der Waals surface area contributed by atoms with E-state index >= 15 is 0 Å². The van der Waals surface area contributed by atoms with Crippen LogP contribution in [-0.4, -0.2) is 52.8 Å². The molecule has 190 valence electrons. The Hall–Kier alpha value is -1.22. The molecule has 4 rings (SSSR count). The molecule has 9 nitrogen and oxygen atoms in total. The van der Waals surface area contributed by atoms with Crippen LogP contribution < -0.4 is 5.32 Å². The number of fused-ring (bicyclic) bond motifs is 1. The lowest BCUT2D eigenvalue weighted by Crippen LogP contribution is -2.22. The fourth-order valence-corrected chi connectivity index (χ4v) is 6.41. The predicted molar refractivity (Wildman–Crippen MR) is 132 cm³/mol. The van der Waals surface area contributed by atoms with Gasteiger partial charge < -0.3 is 23.8 Å². The van der Waals surface area contributed by atoms with Crippen LogP contribution >= 0.6 is 19.2 Å². The molecule has 0 radical (unpaired) electrons. The maximum atomic E-state index is 12.7. The molecule has 2 aromatic heterocycles. The second-order valence-corrected chi connectivity index (χ2v) is 11.6. The van der Waals surface area contributed by atoms with Crippen LogP contribution in [0.15, 0.2) is 12.4 Å². The van der Waals surface area contributed by atoms with Crippen LogP contribution in [-0.2, 0) is 23.1 Å². The molecule has 4 atom stereocenters. The summed E-state index contributed by atoms with van der Waals surface area (Å²) in [6, 6.07) is 2.30. The van der Waals surface area contributed by atoms with Crippen molar-refractivity contribution in [1.82, 2.24) is 14.5 Å². The van der Waals surface area contributed by atoms with Crippen molar-refractivity contribution in [1.29, 1.82) is 0 Å². The first-order valence-corrected chi connectivity index (χ1v) is 14.4. The fourth-order valence-electron chi connectivity index (χ4n) is 4.88. The summed E-state index contributed by atoms with van der Waals surface area (Å²) in [5.74, 6) is 0.389. The number of rotatable bonds is 11. The summed E-state index contributed by atoms with van der Waals surface area (Å²) in [4.78, 5) is 9.24. The van der Waals surface area contributed by atoms with Crippen LogP contribution in [0.2, 0.25) is 5.15 Å². The van der Waals surface area contributed by atoms with Crippen molar-refractivity contribution in [2.75, 3.05) is 31.5 Å². The molecule has 0 spiro atoms. The van der Waals surface area contributed by atoms with Gasteiger partial charge in [0.1, 0.15) is 23.2 Å². The number of hydrogen-bond donors (Lipinski definition) is 1. The Morgan fingerprint density at radius 2 is 1.91 bits per heavy atom. The van der Waals surface area contributed by atoms with Crippen LogP contribution in [0.4, 0.5) is 5.69 Å². The molecular formula is C23H36ClN4O5P. The zero-order valence-electron chi connectivity index (χ0n) is 20.4. The third-order valence-electron chi connectivity index (χ3n) is 6.85. The van der Waals surface area contributed by atoms with Gasteiger partial charge in [-0.25, -0.2) is 9.97 Å². The van der Waals surface area contributed by atoms with Gasteiger partial charge in [0.25, 0.3) is 0 Å².